The van der Waals surface area contributed by atoms with Crippen molar-refractivity contribution < 1.29 is 4.79 Å². The normalized spacial score (nSPS) is 14.4. The fourth-order valence-electron chi connectivity index (χ4n) is 2.58. The van der Waals surface area contributed by atoms with Gasteiger partial charge in [0.15, 0.2) is 11.5 Å². The number of nitriles is 1. The molecule has 2 aromatic heterocycles. The molecule has 0 saturated carbocycles. The highest BCUT2D eigenvalue weighted by molar-refractivity contribution is 5.78. The zero-order valence-corrected chi connectivity index (χ0v) is 12.6. The van der Waals surface area contributed by atoms with E-state index in [9.17, 15) is 4.79 Å². The molecule has 1 aliphatic rings. The molecule has 0 bridgehead atoms. The van der Waals surface area contributed by atoms with Gasteiger partial charge in [0.2, 0.25) is 5.91 Å². The fourth-order valence-corrected chi connectivity index (χ4v) is 2.58. The van der Waals surface area contributed by atoms with Gasteiger partial charge >= 0.3 is 0 Å². The second kappa shape index (κ2) is 6.83. The summed E-state index contributed by atoms with van der Waals surface area (Å²) in [7, 11) is 0. The first-order valence-electron chi connectivity index (χ1n) is 7.41. The molecule has 0 radical (unpaired) electrons. The van der Waals surface area contributed by atoms with Crippen LogP contribution in [0.15, 0.2) is 36.8 Å². The third-order valence-electron chi connectivity index (χ3n) is 3.78. The van der Waals surface area contributed by atoms with Crippen LogP contribution in [0.4, 0.5) is 5.82 Å². The van der Waals surface area contributed by atoms with Gasteiger partial charge in [-0.25, -0.2) is 9.97 Å². The van der Waals surface area contributed by atoms with Crippen LogP contribution in [0, 0.1) is 11.3 Å². The molecule has 23 heavy (non-hydrogen) atoms. The number of rotatable bonds is 3. The third kappa shape index (κ3) is 3.43. The van der Waals surface area contributed by atoms with Crippen molar-refractivity contribution in [2.45, 2.75) is 6.42 Å². The maximum absolute atomic E-state index is 12.3. The third-order valence-corrected chi connectivity index (χ3v) is 3.78. The number of piperazine rings is 1. The minimum atomic E-state index is 0.0722. The van der Waals surface area contributed by atoms with Crippen LogP contribution < -0.4 is 4.90 Å². The molecule has 0 N–H and O–H groups in total. The van der Waals surface area contributed by atoms with E-state index in [1.807, 2.05) is 28.0 Å². The first-order valence-corrected chi connectivity index (χ1v) is 7.41. The van der Waals surface area contributed by atoms with Crippen molar-refractivity contribution in [1.29, 1.82) is 5.26 Å². The Bertz CT molecular complexity index is 719. The Morgan fingerprint density at radius 1 is 1.09 bits per heavy atom. The second-order valence-corrected chi connectivity index (χ2v) is 5.21. The van der Waals surface area contributed by atoms with Crippen molar-refractivity contribution in [3.05, 3.63) is 48.2 Å². The lowest BCUT2D eigenvalue weighted by Gasteiger charge is -2.35. The molecule has 0 spiro atoms. The Labute approximate surface area is 134 Å². The predicted molar refractivity (Wildman–Crippen MR) is 83.5 cm³/mol. The van der Waals surface area contributed by atoms with Crippen molar-refractivity contribution in [2.24, 2.45) is 0 Å². The summed E-state index contributed by atoms with van der Waals surface area (Å²) in [5, 5.41) is 9.10. The Kier molecular flexibility index (Phi) is 4.43. The number of hydrogen-bond acceptors (Lipinski definition) is 6. The zero-order chi connectivity index (χ0) is 16.1. The van der Waals surface area contributed by atoms with E-state index in [1.54, 1.807) is 12.4 Å². The molecule has 1 saturated heterocycles. The number of nitrogens with zero attached hydrogens (tertiary/aromatic N) is 6. The van der Waals surface area contributed by atoms with Crippen molar-refractivity contribution >= 4 is 11.7 Å². The highest BCUT2D eigenvalue weighted by atomic mass is 16.2. The molecule has 1 amide bonds. The Hall–Kier alpha value is -3.01. The summed E-state index contributed by atoms with van der Waals surface area (Å²) in [5.41, 5.74) is 1.10. The molecule has 2 aromatic rings. The number of amides is 1. The first-order chi connectivity index (χ1) is 11.3. The largest absolute Gasteiger partial charge is 0.351 e. The van der Waals surface area contributed by atoms with E-state index in [0.29, 0.717) is 44.1 Å². The van der Waals surface area contributed by atoms with E-state index < -0.39 is 0 Å². The predicted octanol–water partition coefficient (Wildman–Crippen LogP) is 0.635. The highest BCUT2D eigenvalue weighted by Crippen LogP contribution is 2.16. The van der Waals surface area contributed by atoms with Crippen molar-refractivity contribution in [3.63, 3.8) is 0 Å². The van der Waals surface area contributed by atoms with E-state index in [4.69, 9.17) is 5.26 Å². The van der Waals surface area contributed by atoms with Crippen molar-refractivity contribution in [2.75, 3.05) is 31.1 Å². The summed E-state index contributed by atoms with van der Waals surface area (Å²) >= 11 is 0. The lowest BCUT2D eigenvalue weighted by molar-refractivity contribution is -0.130. The molecular weight excluding hydrogens is 292 g/mol. The van der Waals surface area contributed by atoms with E-state index >= 15 is 0 Å². The van der Waals surface area contributed by atoms with Gasteiger partial charge in [0.25, 0.3) is 0 Å². The Morgan fingerprint density at radius 2 is 1.87 bits per heavy atom. The van der Waals surface area contributed by atoms with Crippen LogP contribution in [-0.4, -0.2) is 51.9 Å². The molecule has 7 nitrogen and oxygen atoms in total. The summed E-state index contributed by atoms with van der Waals surface area (Å²) in [6, 6.07) is 7.62. The lowest BCUT2D eigenvalue weighted by atomic mass is 10.2. The number of pyridine rings is 1. The Morgan fingerprint density at radius 3 is 2.57 bits per heavy atom. The summed E-state index contributed by atoms with van der Waals surface area (Å²) in [6.07, 6.45) is 5.09. The summed E-state index contributed by atoms with van der Waals surface area (Å²) < 4.78 is 0. The van der Waals surface area contributed by atoms with Crippen LogP contribution in [0.5, 0.6) is 0 Å². The van der Waals surface area contributed by atoms with E-state index in [2.05, 4.69) is 21.0 Å². The van der Waals surface area contributed by atoms with E-state index in [-0.39, 0.29) is 5.91 Å². The number of carbonyl (C=O) groups excluding carboxylic acids is 1. The highest BCUT2D eigenvalue weighted by Gasteiger charge is 2.23. The monoisotopic (exact) mass is 308 g/mol. The smallest absolute Gasteiger partial charge is 0.228 e. The number of aromatic nitrogens is 3. The maximum Gasteiger partial charge on any atom is 0.228 e. The van der Waals surface area contributed by atoms with Crippen LogP contribution in [0.25, 0.3) is 0 Å². The topological polar surface area (TPSA) is 86.0 Å². The molecule has 116 valence electrons. The van der Waals surface area contributed by atoms with Crippen LogP contribution in [0.2, 0.25) is 0 Å². The quantitative estimate of drug-likeness (QED) is 0.827. The van der Waals surface area contributed by atoms with Gasteiger partial charge in [-0.3, -0.25) is 9.78 Å². The van der Waals surface area contributed by atoms with Gasteiger partial charge in [-0.1, -0.05) is 6.07 Å². The summed E-state index contributed by atoms with van der Waals surface area (Å²) in [4.78, 5) is 28.6. The van der Waals surface area contributed by atoms with Gasteiger partial charge in [-0.05, 0) is 12.1 Å². The van der Waals surface area contributed by atoms with E-state index in [0.717, 1.165) is 5.69 Å². The van der Waals surface area contributed by atoms with Crippen molar-refractivity contribution in [1.82, 2.24) is 19.9 Å². The molecule has 1 fully saturated rings. The van der Waals surface area contributed by atoms with Gasteiger partial charge < -0.3 is 9.80 Å². The molecule has 0 atom stereocenters. The van der Waals surface area contributed by atoms with Crippen molar-refractivity contribution in [3.8, 4) is 6.07 Å². The maximum atomic E-state index is 12.3. The molecule has 7 heteroatoms. The molecule has 3 heterocycles. The molecule has 0 aliphatic carbocycles. The summed E-state index contributed by atoms with van der Waals surface area (Å²) in [6.45, 7) is 2.49. The van der Waals surface area contributed by atoms with E-state index in [1.165, 1.54) is 6.20 Å². The molecule has 1 aliphatic heterocycles. The SMILES string of the molecule is N#Cc1nccnc1N1CCN(C(=O)Cc2ccccn2)CC1. The molecule has 0 unspecified atom stereocenters. The fraction of sp³-hybridized carbons (Fsp3) is 0.312. The molecule has 3 rings (SSSR count). The van der Waals surface area contributed by atoms with Crippen LogP contribution >= 0.6 is 0 Å². The van der Waals surface area contributed by atoms with Crippen LogP contribution in [0.3, 0.4) is 0 Å². The Balaban J connectivity index is 1.60. The molecule has 0 aromatic carbocycles. The minimum Gasteiger partial charge on any atom is -0.351 e. The standard InChI is InChI=1S/C16H16N6O/c17-12-14-16(20-6-5-19-14)22-9-7-21(8-10-22)15(23)11-13-3-1-2-4-18-13/h1-6H,7-11H2. The minimum absolute atomic E-state index is 0.0722. The molecular formula is C16H16N6O. The van der Waals surface area contributed by atoms with Crippen LogP contribution in [0.1, 0.15) is 11.4 Å². The van der Waals surface area contributed by atoms with Gasteiger partial charge in [-0.15, -0.1) is 0 Å². The zero-order valence-electron chi connectivity index (χ0n) is 12.6. The average Bonchev–Trinajstić information content (AvgIpc) is 2.62. The lowest BCUT2D eigenvalue weighted by Crippen LogP contribution is -2.49. The number of hydrogen-bond donors (Lipinski definition) is 0. The number of anilines is 1. The number of carbonyl (C=O) groups is 1. The summed E-state index contributed by atoms with van der Waals surface area (Å²) in [5.74, 6) is 0.662. The van der Waals surface area contributed by atoms with Gasteiger partial charge in [0.05, 0.1) is 6.42 Å². The van der Waals surface area contributed by atoms with Gasteiger partial charge in [0.1, 0.15) is 6.07 Å². The van der Waals surface area contributed by atoms with Gasteiger partial charge in [-0.2, -0.15) is 5.26 Å². The first kappa shape index (κ1) is 14.9. The van der Waals surface area contributed by atoms with Gasteiger partial charge in [0, 0.05) is 50.5 Å². The van der Waals surface area contributed by atoms with Crippen LogP contribution in [-0.2, 0) is 11.2 Å². The average molecular weight is 308 g/mol. The second-order valence-electron chi connectivity index (χ2n) is 5.21.